The van der Waals surface area contributed by atoms with Crippen LogP contribution in [0.25, 0.3) is 0 Å². The predicted octanol–water partition coefficient (Wildman–Crippen LogP) is 2.16. The normalized spacial score (nSPS) is 12.7. The van der Waals surface area contributed by atoms with Crippen molar-refractivity contribution in [3.8, 4) is 5.88 Å². The van der Waals surface area contributed by atoms with Crippen LogP contribution < -0.4 is 10.5 Å². The number of ether oxygens (including phenoxy) is 1. The lowest BCUT2D eigenvalue weighted by molar-refractivity contribution is 0.120. The third kappa shape index (κ3) is 3.13. The summed E-state index contributed by atoms with van der Waals surface area (Å²) in [6.45, 7) is 0. The Bertz CT molecular complexity index is 592. The van der Waals surface area contributed by atoms with Crippen LogP contribution in [0.3, 0.4) is 0 Å². The fraction of sp³-hybridized carbons (Fsp3) is 0.364. The molecule has 2 aromatic heterocycles. The highest BCUT2D eigenvalue weighted by Crippen LogP contribution is 2.31. The van der Waals surface area contributed by atoms with Crippen LogP contribution in [0.1, 0.15) is 18.0 Å². The lowest BCUT2D eigenvalue weighted by atomic mass is 10.1. The molecule has 0 aliphatic carbocycles. The van der Waals surface area contributed by atoms with Crippen molar-refractivity contribution in [3.05, 3.63) is 29.2 Å². The number of nitrogens with zero attached hydrogens (tertiary/aromatic N) is 4. The average molecular weight is 304 g/mol. The zero-order chi connectivity index (χ0) is 14.7. The van der Waals surface area contributed by atoms with Crippen molar-refractivity contribution in [2.75, 3.05) is 12.8 Å². The first-order chi connectivity index (χ1) is 9.51. The van der Waals surface area contributed by atoms with E-state index in [0.29, 0.717) is 11.3 Å². The maximum absolute atomic E-state index is 12.8. The number of methoxy groups -OCH3 is 1. The van der Waals surface area contributed by atoms with Crippen molar-refractivity contribution >= 4 is 17.3 Å². The van der Waals surface area contributed by atoms with Crippen LogP contribution in [-0.2, 0) is 0 Å². The van der Waals surface area contributed by atoms with E-state index >= 15 is 0 Å². The van der Waals surface area contributed by atoms with Gasteiger partial charge in [0.25, 0.3) is 0 Å². The summed E-state index contributed by atoms with van der Waals surface area (Å²) in [6.07, 6.45) is -0.177. The van der Waals surface area contributed by atoms with E-state index in [-0.39, 0.29) is 11.0 Å². The van der Waals surface area contributed by atoms with E-state index in [1.54, 1.807) is 0 Å². The molecule has 20 heavy (non-hydrogen) atoms. The van der Waals surface area contributed by atoms with E-state index in [1.165, 1.54) is 30.3 Å². The van der Waals surface area contributed by atoms with Crippen molar-refractivity contribution in [2.24, 2.45) is 0 Å². The number of aromatic nitrogens is 4. The van der Waals surface area contributed by atoms with Crippen LogP contribution in [0.2, 0.25) is 5.15 Å². The van der Waals surface area contributed by atoms with Crippen LogP contribution in [0.5, 0.6) is 5.88 Å². The molecule has 6 nitrogen and oxygen atoms in total. The van der Waals surface area contributed by atoms with Gasteiger partial charge in [0.15, 0.2) is 5.15 Å². The fourth-order valence-electron chi connectivity index (χ4n) is 1.84. The van der Waals surface area contributed by atoms with Gasteiger partial charge in [0, 0.05) is 18.2 Å². The molecule has 9 heteroatoms. The second-order valence-corrected chi connectivity index (χ2v) is 4.42. The van der Waals surface area contributed by atoms with E-state index in [0.717, 1.165) is 0 Å². The molecule has 2 aromatic rings. The van der Waals surface area contributed by atoms with Crippen LogP contribution in [0.4, 0.5) is 14.5 Å². The van der Waals surface area contributed by atoms with Gasteiger partial charge in [-0.2, -0.15) is 5.10 Å². The van der Waals surface area contributed by atoms with Crippen LogP contribution in [0.15, 0.2) is 18.5 Å². The van der Waals surface area contributed by atoms with Crippen molar-refractivity contribution in [3.63, 3.8) is 0 Å². The monoisotopic (exact) mass is 303 g/mol. The summed E-state index contributed by atoms with van der Waals surface area (Å²) in [5.41, 5.74) is 6.31. The van der Waals surface area contributed by atoms with Gasteiger partial charge in [-0.05, 0) is 6.07 Å². The smallest absolute Gasteiger partial charge is 0.241 e. The minimum absolute atomic E-state index is 0.0835. The second kappa shape index (κ2) is 6.00. The molecule has 2 heterocycles. The molecule has 2 N–H and O–H groups in total. The van der Waals surface area contributed by atoms with Gasteiger partial charge < -0.3 is 10.5 Å². The highest BCUT2D eigenvalue weighted by Gasteiger charge is 2.25. The molecule has 0 radical (unpaired) electrons. The van der Waals surface area contributed by atoms with Crippen LogP contribution >= 0.6 is 11.6 Å². The van der Waals surface area contributed by atoms with Crippen molar-refractivity contribution in [1.82, 2.24) is 20.0 Å². The van der Waals surface area contributed by atoms with Gasteiger partial charge in [0.2, 0.25) is 12.3 Å². The number of rotatable bonds is 5. The van der Waals surface area contributed by atoms with Gasteiger partial charge in [0.1, 0.15) is 0 Å². The molecule has 0 saturated heterocycles. The van der Waals surface area contributed by atoms with E-state index in [9.17, 15) is 8.78 Å². The van der Waals surface area contributed by atoms with E-state index in [1.807, 2.05) is 0 Å². The minimum atomic E-state index is -2.54. The van der Waals surface area contributed by atoms with Gasteiger partial charge in [-0.3, -0.25) is 4.68 Å². The third-order valence-corrected chi connectivity index (χ3v) is 2.84. The second-order valence-electron chi connectivity index (χ2n) is 4.03. The van der Waals surface area contributed by atoms with Crippen molar-refractivity contribution in [1.29, 1.82) is 0 Å². The van der Waals surface area contributed by atoms with E-state index in [2.05, 4.69) is 15.3 Å². The Balaban J connectivity index is 2.48. The molecule has 0 saturated carbocycles. The molecule has 1 atom stereocenters. The SMILES string of the molecule is COc1nnc(Cl)cc1C(CC(F)F)n1cc(N)cn1. The Hall–Kier alpha value is -1.96. The Kier molecular flexibility index (Phi) is 4.33. The number of alkyl halides is 2. The number of hydrogen-bond acceptors (Lipinski definition) is 5. The van der Waals surface area contributed by atoms with Crippen molar-refractivity contribution < 1.29 is 13.5 Å². The highest BCUT2D eigenvalue weighted by molar-refractivity contribution is 6.29. The molecule has 0 aliphatic rings. The van der Waals surface area contributed by atoms with Gasteiger partial charge in [-0.25, -0.2) is 8.78 Å². The highest BCUT2D eigenvalue weighted by atomic mass is 35.5. The van der Waals surface area contributed by atoms with Gasteiger partial charge in [-0.1, -0.05) is 11.6 Å². The maximum Gasteiger partial charge on any atom is 0.241 e. The van der Waals surface area contributed by atoms with Crippen LogP contribution in [-0.4, -0.2) is 33.5 Å². The molecule has 0 bridgehead atoms. The average Bonchev–Trinajstić information content (AvgIpc) is 2.82. The van der Waals surface area contributed by atoms with Gasteiger partial charge in [-0.15, -0.1) is 10.2 Å². The molecule has 0 amide bonds. The number of nitrogens with two attached hydrogens (primary N) is 1. The first-order valence-corrected chi connectivity index (χ1v) is 6.04. The Morgan fingerprint density at radius 2 is 2.20 bits per heavy atom. The summed E-state index contributed by atoms with van der Waals surface area (Å²) in [5, 5.41) is 11.4. The standard InChI is InChI=1S/C11H12ClF2N5O/c1-20-11-7(2-9(12)17-18-11)8(3-10(13)14)19-5-6(15)4-16-19/h2,4-5,8,10H,3,15H2,1H3. The summed E-state index contributed by atoms with van der Waals surface area (Å²) < 4.78 is 32.0. The summed E-state index contributed by atoms with van der Waals surface area (Å²) in [5.74, 6) is 0.120. The summed E-state index contributed by atoms with van der Waals surface area (Å²) in [7, 11) is 1.37. The largest absolute Gasteiger partial charge is 0.480 e. The summed E-state index contributed by atoms with van der Waals surface area (Å²) in [6, 6.07) is 0.633. The first kappa shape index (κ1) is 14.4. The molecular weight excluding hydrogens is 292 g/mol. The predicted molar refractivity (Wildman–Crippen MR) is 69.0 cm³/mol. The van der Waals surface area contributed by atoms with E-state index < -0.39 is 18.9 Å². The Morgan fingerprint density at radius 3 is 2.75 bits per heavy atom. The number of anilines is 1. The molecule has 1 unspecified atom stereocenters. The van der Waals surface area contributed by atoms with Crippen LogP contribution in [0, 0.1) is 0 Å². The maximum atomic E-state index is 12.8. The molecule has 108 valence electrons. The lowest BCUT2D eigenvalue weighted by Crippen LogP contribution is -2.16. The molecule has 0 fully saturated rings. The van der Waals surface area contributed by atoms with Crippen molar-refractivity contribution in [2.45, 2.75) is 18.9 Å². The molecule has 0 spiro atoms. The molecule has 2 rings (SSSR count). The quantitative estimate of drug-likeness (QED) is 0.915. The zero-order valence-electron chi connectivity index (χ0n) is 10.5. The van der Waals surface area contributed by atoms with E-state index in [4.69, 9.17) is 22.1 Å². The number of hydrogen-bond donors (Lipinski definition) is 1. The third-order valence-electron chi connectivity index (χ3n) is 2.65. The van der Waals surface area contributed by atoms with Gasteiger partial charge in [0.05, 0.1) is 25.0 Å². The molecule has 0 aromatic carbocycles. The Morgan fingerprint density at radius 1 is 1.45 bits per heavy atom. The summed E-state index contributed by atoms with van der Waals surface area (Å²) in [4.78, 5) is 0. The topological polar surface area (TPSA) is 78.9 Å². The Labute approximate surface area is 118 Å². The zero-order valence-corrected chi connectivity index (χ0v) is 11.3. The molecule has 0 aliphatic heterocycles. The first-order valence-electron chi connectivity index (χ1n) is 5.66. The number of nitrogen functional groups attached to an aromatic ring is 1. The summed E-state index contributed by atoms with van der Waals surface area (Å²) >= 11 is 5.78. The number of halogens is 3. The minimum Gasteiger partial charge on any atom is -0.480 e. The fourth-order valence-corrected chi connectivity index (χ4v) is 1.99. The van der Waals surface area contributed by atoms with Gasteiger partial charge >= 0.3 is 0 Å². The lowest BCUT2D eigenvalue weighted by Gasteiger charge is -2.19. The molecular formula is C11H12ClF2N5O.